The first-order valence-corrected chi connectivity index (χ1v) is 13.5. The van der Waals surface area contributed by atoms with Gasteiger partial charge in [-0.05, 0) is 77.9 Å². The number of nitrogens with zero attached hydrogens (tertiary/aromatic N) is 2. The highest BCUT2D eigenvalue weighted by molar-refractivity contribution is 6.22. The van der Waals surface area contributed by atoms with E-state index in [1.54, 1.807) is 36.3 Å². The standard InChI is InChI=1S/C33H25FN4O4/c1-42-24-16-8-19(9-17-24)30-29-26(25-4-2-3-5-27(25)36-29)18-28-32(40)37(33(41)38(28)30)23-14-6-20(7-15-23)31(39)35-22-12-10-21(34)11-13-22/h2-17,28,30,36H,18H2,1H3,(H,35,39)/t28-,30+/m0/s1. The molecular formula is C33H25FN4O4. The molecule has 0 bridgehead atoms. The number of carbonyl (C=O) groups is 3. The zero-order chi connectivity index (χ0) is 29.0. The number of imide groups is 1. The molecule has 0 radical (unpaired) electrons. The predicted molar refractivity (Wildman–Crippen MR) is 156 cm³/mol. The van der Waals surface area contributed by atoms with E-state index >= 15 is 0 Å². The summed E-state index contributed by atoms with van der Waals surface area (Å²) in [6, 6.07) is 25.6. The number of nitrogens with one attached hydrogen (secondary N) is 2. The number of methoxy groups -OCH3 is 1. The molecule has 8 nitrogen and oxygen atoms in total. The van der Waals surface area contributed by atoms with Crippen molar-refractivity contribution in [2.75, 3.05) is 17.3 Å². The van der Waals surface area contributed by atoms with Crippen LogP contribution in [0.3, 0.4) is 0 Å². The monoisotopic (exact) mass is 560 g/mol. The molecule has 1 fully saturated rings. The molecule has 2 aliphatic heterocycles. The fourth-order valence-electron chi connectivity index (χ4n) is 5.94. The minimum Gasteiger partial charge on any atom is -0.497 e. The average Bonchev–Trinajstić information content (AvgIpc) is 3.51. The molecule has 42 heavy (non-hydrogen) atoms. The third-order valence-corrected chi connectivity index (χ3v) is 7.97. The number of aromatic amines is 1. The Labute approximate surface area is 240 Å². The van der Waals surface area contributed by atoms with Crippen molar-refractivity contribution >= 4 is 40.1 Å². The number of para-hydroxylation sites is 1. The summed E-state index contributed by atoms with van der Waals surface area (Å²) in [5.41, 5.74) is 4.86. The molecule has 4 amide bonds. The van der Waals surface area contributed by atoms with E-state index in [0.717, 1.165) is 27.7 Å². The summed E-state index contributed by atoms with van der Waals surface area (Å²) in [4.78, 5) is 47.1. The van der Waals surface area contributed by atoms with Gasteiger partial charge in [-0.2, -0.15) is 0 Å². The fraction of sp³-hybridized carbons (Fsp3) is 0.121. The lowest BCUT2D eigenvalue weighted by molar-refractivity contribution is -0.120. The van der Waals surface area contributed by atoms with Gasteiger partial charge in [0, 0.05) is 34.3 Å². The van der Waals surface area contributed by atoms with Crippen LogP contribution in [0.5, 0.6) is 5.75 Å². The quantitative estimate of drug-likeness (QED) is 0.256. The Kier molecular flexibility index (Phi) is 6.00. The molecule has 0 unspecified atom stereocenters. The van der Waals surface area contributed by atoms with Crippen LogP contribution in [0, 0.1) is 5.82 Å². The van der Waals surface area contributed by atoms with Gasteiger partial charge in [0.05, 0.1) is 12.8 Å². The van der Waals surface area contributed by atoms with Gasteiger partial charge >= 0.3 is 6.03 Å². The molecule has 1 aromatic heterocycles. The summed E-state index contributed by atoms with van der Waals surface area (Å²) in [7, 11) is 1.60. The van der Waals surface area contributed by atoms with Crippen LogP contribution in [0.4, 0.5) is 20.6 Å². The number of benzene rings is 4. The summed E-state index contributed by atoms with van der Waals surface area (Å²) in [6.07, 6.45) is 0.380. The SMILES string of the molecule is COc1ccc([C@@H]2c3[nH]c4ccccc4c3C[C@H]3C(=O)N(c4ccc(C(=O)Nc5ccc(F)cc5)cc4)C(=O)N23)cc1. The molecule has 5 aromatic rings. The van der Waals surface area contributed by atoms with Gasteiger partial charge in [-0.25, -0.2) is 14.1 Å². The summed E-state index contributed by atoms with van der Waals surface area (Å²) in [5.74, 6) is -0.423. The molecule has 0 saturated carbocycles. The predicted octanol–water partition coefficient (Wildman–Crippen LogP) is 6.05. The first-order valence-electron chi connectivity index (χ1n) is 13.5. The summed E-state index contributed by atoms with van der Waals surface area (Å²) >= 11 is 0. The number of fused-ring (bicyclic) bond motifs is 4. The van der Waals surface area contributed by atoms with Gasteiger partial charge in [0.1, 0.15) is 23.7 Å². The van der Waals surface area contributed by atoms with Crippen LogP contribution in [0.25, 0.3) is 10.9 Å². The van der Waals surface area contributed by atoms with Gasteiger partial charge in [-0.3, -0.25) is 14.5 Å². The Morgan fingerprint density at radius 1 is 0.929 bits per heavy atom. The minimum absolute atomic E-state index is 0.321. The van der Waals surface area contributed by atoms with Crippen LogP contribution < -0.4 is 15.0 Å². The van der Waals surface area contributed by atoms with Crippen molar-refractivity contribution in [3.05, 3.63) is 125 Å². The number of urea groups is 1. The molecule has 3 heterocycles. The maximum absolute atomic E-state index is 14.1. The highest BCUT2D eigenvalue weighted by Crippen LogP contribution is 2.45. The third kappa shape index (κ3) is 4.09. The maximum atomic E-state index is 14.1. The Hall–Kier alpha value is -5.44. The lowest BCUT2D eigenvalue weighted by atomic mass is 9.89. The van der Waals surface area contributed by atoms with Gasteiger partial charge in [-0.1, -0.05) is 30.3 Å². The smallest absolute Gasteiger partial charge is 0.332 e. The van der Waals surface area contributed by atoms with E-state index in [4.69, 9.17) is 4.74 Å². The second-order valence-electron chi connectivity index (χ2n) is 10.3. The van der Waals surface area contributed by atoms with E-state index in [9.17, 15) is 18.8 Å². The number of aromatic nitrogens is 1. The molecule has 2 aliphatic rings. The van der Waals surface area contributed by atoms with Gasteiger partial charge in [0.25, 0.3) is 11.8 Å². The van der Waals surface area contributed by atoms with Crippen LogP contribution in [0.1, 0.15) is 33.2 Å². The van der Waals surface area contributed by atoms with Gasteiger partial charge < -0.3 is 15.0 Å². The van der Waals surface area contributed by atoms with Crippen molar-refractivity contribution in [1.82, 2.24) is 9.88 Å². The topological polar surface area (TPSA) is 94.7 Å². The van der Waals surface area contributed by atoms with Crippen LogP contribution >= 0.6 is 0 Å². The first-order chi connectivity index (χ1) is 20.4. The first kappa shape index (κ1) is 25.5. The molecule has 0 aliphatic carbocycles. The molecule has 0 spiro atoms. The zero-order valence-electron chi connectivity index (χ0n) is 22.5. The van der Waals surface area contributed by atoms with E-state index in [1.165, 1.54) is 29.2 Å². The maximum Gasteiger partial charge on any atom is 0.332 e. The van der Waals surface area contributed by atoms with Crippen molar-refractivity contribution in [1.29, 1.82) is 0 Å². The van der Waals surface area contributed by atoms with Crippen LogP contribution in [0.15, 0.2) is 97.1 Å². The van der Waals surface area contributed by atoms with Gasteiger partial charge in [0.15, 0.2) is 0 Å². The van der Waals surface area contributed by atoms with Gasteiger partial charge in [-0.15, -0.1) is 0 Å². The number of H-pyrrole nitrogens is 1. The van der Waals surface area contributed by atoms with E-state index in [-0.39, 0.29) is 5.91 Å². The summed E-state index contributed by atoms with van der Waals surface area (Å²) < 4.78 is 18.6. The van der Waals surface area contributed by atoms with Gasteiger partial charge in [0.2, 0.25) is 0 Å². The molecule has 1 saturated heterocycles. The number of rotatable bonds is 5. The minimum atomic E-state index is -0.697. The van der Waals surface area contributed by atoms with E-state index < -0.39 is 29.8 Å². The normalized spacial score (nSPS) is 17.8. The zero-order valence-corrected chi connectivity index (χ0v) is 22.5. The largest absolute Gasteiger partial charge is 0.497 e. The Morgan fingerprint density at radius 2 is 1.64 bits per heavy atom. The number of amides is 4. The lowest BCUT2D eigenvalue weighted by Crippen LogP contribution is -2.44. The van der Waals surface area contributed by atoms with Crippen molar-refractivity contribution in [3.8, 4) is 5.75 Å². The fourth-order valence-corrected chi connectivity index (χ4v) is 5.94. The molecule has 208 valence electrons. The van der Waals surface area contributed by atoms with Crippen LogP contribution in [0.2, 0.25) is 0 Å². The van der Waals surface area contributed by atoms with E-state index in [1.807, 2.05) is 48.5 Å². The van der Waals surface area contributed by atoms with Crippen molar-refractivity contribution in [2.24, 2.45) is 0 Å². The molecular weight excluding hydrogens is 535 g/mol. The second-order valence-corrected chi connectivity index (χ2v) is 10.3. The highest BCUT2D eigenvalue weighted by atomic mass is 19.1. The summed E-state index contributed by atoms with van der Waals surface area (Å²) in [6.45, 7) is 0. The molecule has 4 aromatic carbocycles. The number of ether oxygens (including phenoxy) is 1. The molecule has 2 N–H and O–H groups in total. The number of carbonyl (C=O) groups excluding carboxylic acids is 3. The van der Waals surface area contributed by atoms with Crippen molar-refractivity contribution in [2.45, 2.75) is 18.5 Å². The number of halogens is 1. The van der Waals surface area contributed by atoms with Crippen molar-refractivity contribution in [3.63, 3.8) is 0 Å². The highest BCUT2D eigenvalue weighted by Gasteiger charge is 2.53. The van der Waals surface area contributed by atoms with E-state index in [0.29, 0.717) is 29.1 Å². The molecule has 7 rings (SSSR count). The summed E-state index contributed by atoms with van der Waals surface area (Å²) in [5, 5.41) is 3.74. The number of hydrogen-bond acceptors (Lipinski definition) is 4. The average molecular weight is 561 g/mol. The lowest BCUT2D eigenvalue weighted by Gasteiger charge is -2.36. The molecule has 2 atom stereocenters. The second kappa shape index (κ2) is 9.88. The number of anilines is 2. The van der Waals surface area contributed by atoms with Crippen molar-refractivity contribution < 1.29 is 23.5 Å². The van der Waals surface area contributed by atoms with E-state index in [2.05, 4.69) is 10.3 Å². The third-order valence-electron chi connectivity index (χ3n) is 7.97. The Bertz CT molecular complexity index is 1850. The Balaban J connectivity index is 1.23. The van der Waals surface area contributed by atoms with Crippen LogP contribution in [-0.2, 0) is 11.2 Å². The number of hydrogen-bond donors (Lipinski definition) is 2. The molecule has 9 heteroatoms. The van der Waals surface area contributed by atoms with Crippen LogP contribution in [-0.4, -0.2) is 40.9 Å². The Morgan fingerprint density at radius 3 is 2.36 bits per heavy atom.